The zero-order valence-corrected chi connectivity index (χ0v) is 20.9. The Bertz CT molecular complexity index is 808. The minimum atomic E-state index is 0.222. The molecule has 0 atom stereocenters. The first-order valence-electron chi connectivity index (χ1n) is 10.8. The Hall–Kier alpha value is -1.64. The van der Waals surface area contributed by atoms with Gasteiger partial charge in [0.2, 0.25) is 0 Å². The van der Waals surface area contributed by atoms with E-state index in [-0.39, 0.29) is 10.3 Å². The molecule has 162 valence electrons. The molecule has 30 heavy (non-hydrogen) atoms. The Morgan fingerprint density at radius 3 is 0.967 bits per heavy atom. The lowest BCUT2D eigenvalue weighted by atomic mass is 9.93. The molecule has 0 N–H and O–H groups in total. The Balaban J connectivity index is 2.63. The largest absolute Gasteiger partial charge is 0.233 e. The first-order valence-corrected chi connectivity index (χ1v) is 11.5. The fourth-order valence-corrected chi connectivity index (χ4v) is 3.82. The average molecular weight is 445 g/mol. The van der Waals surface area contributed by atoms with Crippen LogP contribution in [0.25, 0.3) is 0 Å². The highest BCUT2D eigenvalue weighted by Crippen LogP contribution is 2.37. The quantitative estimate of drug-likeness (QED) is 0.379. The number of hydrogen-bond acceptors (Lipinski definition) is 2. The fraction of sp³-hybridized carbons (Fsp3) is 0.462. The minimum absolute atomic E-state index is 0.222. The second-order valence-corrected chi connectivity index (χ2v) is 9.71. The topological polar surface area (TPSA) is 24.7 Å². The van der Waals surface area contributed by atoms with Crippen LogP contribution in [0.3, 0.4) is 0 Å². The van der Waals surface area contributed by atoms with Gasteiger partial charge < -0.3 is 0 Å². The summed E-state index contributed by atoms with van der Waals surface area (Å²) < 4.78 is 0. The third kappa shape index (κ3) is 5.74. The number of halogens is 2. The number of hydrogen-bond donors (Lipinski definition) is 0. The van der Waals surface area contributed by atoms with Crippen molar-refractivity contribution in [3.8, 4) is 0 Å². The van der Waals surface area contributed by atoms with Crippen LogP contribution in [0.4, 0.5) is 11.4 Å². The normalized spacial score (nSPS) is 13.3. The van der Waals surface area contributed by atoms with Crippen LogP contribution in [-0.4, -0.2) is 10.3 Å². The van der Waals surface area contributed by atoms with Gasteiger partial charge in [-0.3, -0.25) is 0 Å². The number of para-hydroxylation sites is 2. The summed E-state index contributed by atoms with van der Waals surface area (Å²) in [6.07, 6.45) is 0. The third-order valence-corrected chi connectivity index (χ3v) is 5.90. The average Bonchev–Trinajstić information content (AvgIpc) is 2.67. The molecule has 2 nitrogen and oxygen atoms in total. The number of nitrogens with zero attached hydrogens (tertiary/aromatic N) is 2. The van der Waals surface area contributed by atoms with Gasteiger partial charge in [-0.05, 0) is 45.9 Å². The van der Waals surface area contributed by atoms with Crippen LogP contribution in [-0.2, 0) is 0 Å². The summed E-state index contributed by atoms with van der Waals surface area (Å²) in [7, 11) is 0. The molecule has 2 rings (SSSR count). The van der Waals surface area contributed by atoms with Crippen molar-refractivity contribution < 1.29 is 0 Å². The van der Waals surface area contributed by atoms with Crippen molar-refractivity contribution in [2.24, 2.45) is 9.98 Å². The molecule has 0 radical (unpaired) electrons. The van der Waals surface area contributed by atoms with E-state index < -0.39 is 0 Å². The molecule has 0 aromatic heterocycles. The van der Waals surface area contributed by atoms with Crippen molar-refractivity contribution >= 4 is 44.9 Å². The van der Waals surface area contributed by atoms with Gasteiger partial charge in [0, 0.05) is 0 Å². The second kappa shape index (κ2) is 10.6. The van der Waals surface area contributed by atoms with E-state index >= 15 is 0 Å². The van der Waals surface area contributed by atoms with E-state index in [1.54, 1.807) is 0 Å². The molecule has 0 bridgehead atoms. The first kappa shape index (κ1) is 24.6. The Morgan fingerprint density at radius 1 is 0.533 bits per heavy atom. The predicted molar refractivity (Wildman–Crippen MR) is 135 cm³/mol. The number of rotatable bonds is 7. The van der Waals surface area contributed by atoms with Crippen LogP contribution < -0.4 is 0 Å². The van der Waals surface area contributed by atoms with Gasteiger partial charge in [0.05, 0.1) is 11.4 Å². The molecular formula is C26H34Cl2N2. The van der Waals surface area contributed by atoms with Crippen molar-refractivity contribution in [1.29, 1.82) is 0 Å². The van der Waals surface area contributed by atoms with Gasteiger partial charge in [0.1, 0.15) is 0 Å². The van der Waals surface area contributed by atoms with Crippen LogP contribution >= 0.6 is 23.2 Å². The fourth-order valence-electron chi connectivity index (χ4n) is 3.57. The van der Waals surface area contributed by atoms with E-state index in [0.717, 1.165) is 33.6 Å². The highest BCUT2D eigenvalue weighted by atomic mass is 35.5. The Labute approximate surface area is 192 Å². The first-order chi connectivity index (χ1) is 14.0. The summed E-state index contributed by atoms with van der Waals surface area (Å²) in [5.41, 5.74) is 6.45. The summed E-state index contributed by atoms with van der Waals surface area (Å²) in [6.45, 7) is 17.3. The standard InChI is InChI=1S/C26H34Cl2N2/c1-15(2)19-11-9-12-20(16(3)4)23(19)29-25(27)26(28)30-24-21(17(5)6)13-10-14-22(24)18(7)8/h9-18H,1-8H3. The van der Waals surface area contributed by atoms with Crippen LogP contribution in [0.5, 0.6) is 0 Å². The van der Waals surface area contributed by atoms with E-state index in [1.165, 1.54) is 0 Å². The number of benzene rings is 2. The summed E-state index contributed by atoms with van der Waals surface area (Å²) in [4.78, 5) is 9.53. The smallest absolute Gasteiger partial charge is 0.166 e. The van der Waals surface area contributed by atoms with Crippen LogP contribution in [0.1, 0.15) is 101 Å². The van der Waals surface area contributed by atoms with Gasteiger partial charge in [-0.25, -0.2) is 9.98 Å². The predicted octanol–water partition coefficient (Wildman–Crippen LogP) is 9.42. The van der Waals surface area contributed by atoms with Crippen molar-refractivity contribution in [2.75, 3.05) is 0 Å². The lowest BCUT2D eigenvalue weighted by Gasteiger charge is -2.17. The molecule has 0 amide bonds. The maximum atomic E-state index is 6.62. The Kier molecular flexibility index (Phi) is 8.70. The van der Waals surface area contributed by atoms with Gasteiger partial charge in [0.15, 0.2) is 10.3 Å². The maximum Gasteiger partial charge on any atom is 0.166 e. The lowest BCUT2D eigenvalue weighted by molar-refractivity contribution is 0.834. The molecule has 0 fully saturated rings. The Morgan fingerprint density at radius 2 is 0.767 bits per heavy atom. The van der Waals surface area contributed by atoms with Gasteiger partial charge in [-0.15, -0.1) is 0 Å². The summed E-state index contributed by atoms with van der Waals surface area (Å²) in [6, 6.07) is 12.6. The molecular weight excluding hydrogens is 411 g/mol. The zero-order valence-electron chi connectivity index (χ0n) is 19.4. The van der Waals surface area contributed by atoms with Crippen molar-refractivity contribution in [2.45, 2.75) is 79.1 Å². The molecule has 0 saturated heterocycles. The van der Waals surface area contributed by atoms with E-state index in [1.807, 2.05) is 0 Å². The molecule has 0 spiro atoms. The third-order valence-electron chi connectivity index (χ3n) is 5.28. The van der Waals surface area contributed by atoms with Gasteiger partial charge in [0.25, 0.3) is 0 Å². The summed E-state index contributed by atoms with van der Waals surface area (Å²) >= 11 is 13.2. The molecule has 4 heteroatoms. The highest BCUT2D eigenvalue weighted by molar-refractivity contribution is 7.00. The molecule has 0 aliphatic rings. The van der Waals surface area contributed by atoms with Gasteiger partial charge in [-0.1, -0.05) is 115 Å². The molecule has 0 saturated carbocycles. The van der Waals surface area contributed by atoms with Crippen molar-refractivity contribution in [3.63, 3.8) is 0 Å². The zero-order chi connectivity index (χ0) is 22.6. The van der Waals surface area contributed by atoms with Crippen molar-refractivity contribution in [1.82, 2.24) is 0 Å². The molecule has 2 aromatic rings. The van der Waals surface area contributed by atoms with Crippen LogP contribution in [0.2, 0.25) is 0 Å². The summed E-state index contributed by atoms with van der Waals surface area (Å²) in [5, 5.41) is 0.444. The summed E-state index contributed by atoms with van der Waals surface area (Å²) in [5.74, 6) is 1.32. The molecule has 0 heterocycles. The van der Waals surface area contributed by atoms with E-state index in [9.17, 15) is 0 Å². The van der Waals surface area contributed by atoms with E-state index in [0.29, 0.717) is 23.7 Å². The van der Waals surface area contributed by atoms with E-state index in [4.69, 9.17) is 33.2 Å². The van der Waals surface area contributed by atoms with Crippen LogP contribution in [0.15, 0.2) is 46.4 Å². The minimum Gasteiger partial charge on any atom is -0.233 e. The second-order valence-electron chi connectivity index (χ2n) is 8.99. The van der Waals surface area contributed by atoms with Gasteiger partial charge in [-0.2, -0.15) is 0 Å². The number of aliphatic imine (C=N–C) groups is 2. The van der Waals surface area contributed by atoms with Gasteiger partial charge >= 0.3 is 0 Å². The molecule has 0 unspecified atom stereocenters. The molecule has 0 aliphatic carbocycles. The molecule has 0 aliphatic heterocycles. The van der Waals surface area contributed by atoms with Crippen LogP contribution in [0, 0.1) is 0 Å². The highest BCUT2D eigenvalue weighted by Gasteiger charge is 2.17. The lowest BCUT2D eigenvalue weighted by Crippen LogP contribution is -2.03. The molecule has 2 aromatic carbocycles. The van der Waals surface area contributed by atoms with Crippen molar-refractivity contribution in [3.05, 3.63) is 58.7 Å². The maximum absolute atomic E-state index is 6.62. The van der Waals surface area contributed by atoms with E-state index in [2.05, 4.69) is 91.8 Å². The monoisotopic (exact) mass is 444 g/mol. The SMILES string of the molecule is CC(C)c1cccc(C(C)C)c1N=C(Cl)C(Cl)=Nc1c(C(C)C)cccc1C(C)C.